The Bertz CT molecular complexity index is 439. The fraction of sp³-hybridized carbons (Fsp3) is 0.571. The van der Waals surface area contributed by atoms with Crippen molar-refractivity contribution in [3.63, 3.8) is 0 Å². The van der Waals surface area contributed by atoms with Crippen LogP contribution in [0.4, 0.5) is 0 Å². The van der Waals surface area contributed by atoms with E-state index in [1.807, 2.05) is 12.1 Å². The minimum Gasteiger partial charge on any atom is -0.314 e. The van der Waals surface area contributed by atoms with Gasteiger partial charge in [0.1, 0.15) is 0 Å². The van der Waals surface area contributed by atoms with Gasteiger partial charge in [0.2, 0.25) is 0 Å². The van der Waals surface area contributed by atoms with E-state index < -0.39 is 0 Å². The quantitative estimate of drug-likeness (QED) is 0.895. The Morgan fingerprint density at radius 2 is 2.11 bits per heavy atom. The third-order valence-electron chi connectivity index (χ3n) is 4.17. The van der Waals surface area contributed by atoms with Crippen molar-refractivity contribution in [1.82, 2.24) is 10.2 Å². The van der Waals surface area contributed by atoms with Crippen molar-refractivity contribution < 1.29 is 0 Å². The molecule has 1 aromatic rings. The molecule has 5 heteroatoms. The summed E-state index contributed by atoms with van der Waals surface area (Å²) in [5.41, 5.74) is 1.15. The SMILES string of the molecule is Cl.Clc1cccc(CN2CCC3NCCC3C2)c1Cl. The highest BCUT2D eigenvalue weighted by Gasteiger charge is 2.32. The number of fused-ring (bicyclic) bond motifs is 1. The summed E-state index contributed by atoms with van der Waals surface area (Å²) in [6, 6.07) is 6.65. The zero-order valence-electron chi connectivity index (χ0n) is 10.7. The van der Waals surface area contributed by atoms with E-state index in [1.54, 1.807) is 0 Å². The molecule has 0 spiro atoms. The summed E-state index contributed by atoms with van der Waals surface area (Å²) < 4.78 is 0. The zero-order chi connectivity index (χ0) is 12.5. The third-order valence-corrected chi connectivity index (χ3v) is 5.02. The molecule has 19 heavy (non-hydrogen) atoms. The molecule has 2 unspecified atom stereocenters. The second-order valence-electron chi connectivity index (χ2n) is 5.35. The predicted octanol–water partition coefficient (Wildman–Crippen LogP) is 3.60. The molecule has 2 nitrogen and oxygen atoms in total. The van der Waals surface area contributed by atoms with E-state index in [0.29, 0.717) is 10.0 Å². The zero-order valence-corrected chi connectivity index (χ0v) is 13.1. The van der Waals surface area contributed by atoms with E-state index in [2.05, 4.69) is 16.3 Å². The molecule has 0 bridgehead atoms. The number of hydrogen-bond acceptors (Lipinski definition) is 2. The van der Waals surface area contributed by atoms with Crippen LogP contribution in [0.2, 0.25) is 10.0 Å². The van der Waals surface area contributed by atoms with E-state index in [1.165, 1.54) is 25.9 Å². The highest BCUT2D eigenvalue weighted by Crippen LogP contribution is 2.29. The van der Waals surface area contributed by atoms with Crippen LogP contribution in [0.25, 0.3) is 0 Å². The minimum absolute atomic E-state index is 0. The summed E-state index contributed by atoms with van der Waals surface area (Å²) in [5, 5.41) is 4.96. The molecular weight excluding hydrogens is 303 g/mol. The van der Waals surface area contributed by atoms with Crippen LogP contribution in [0, 0.1) is 5.92 Å². The molecule has 0 amide bonds. The van der Waals surface area contributed by atoms with Gasteiger partial charge in [-0.3, -0.25) is 4.90 Å². The van der Waals surface area contributed by atoms with Crippen molar-refractivity contribution >= 4 is 35.6 Å². The van der Waals surface area contributed by atoms with E-state index >= 15 is 0 Å². The van der Waals surface area contributed by atoms with E-state index in [4.69, 9.17) is 23.2 Å². The summed E-state index contributed by atoms with van der Waals surface area (Å²) in [4.78, 5) is 2.51. The maximum absolute atomic E-state index is 6.25. The van der Waals surface area contributed by atoms with Crippen LogP contribution in [-0.2, 0) is 6.54 Å². The summed E-state index contributed by atoms with van der Waals surface area (Å²) in [6.45, 7) is 4.43. The smallest absolute Gasteiger partial charge is 0.0637 e. The molecule has 0 radical (unpaired) electrons. The molecule has 1 aromatic carbocycles. The molecule has 3 rings (SSSR count). The van der Waals surface area contributed by atoms with Gasteiger partial charge in [-0.15, -0.1) is 12.4 Å². The number of likely N-dealkylation sites (tertiary alicyclic amines) is 1. The Labute approximate surface area is 130 Å². The van der Waals surface area contributed by atoms with Gasteiger partial charge in [-0.1, -0.05) is 35.3 Å². The minimum atomic E-state index is 0. The first-order valence-corrected chi connectivity index (χ1v) is 7.38. The van der Waals surface area contributed by atoms with Crippen molar-refractivity contribution in [3.8, 4) is 0 Å². The number of benzene rings is 1. The van der Waals surface area contributed by atoms with Gasteiger partial charge in [-0.2, -0.15) is 0 Å². The largest absolute Gasteiger partial charge is 0.314 e. The van der Waals surface area contributed by atoms with Crippen LogP contribution in [0.1, 0.15) is 18.4 Å². The molecule has 2 fully saturated rings. The van der Waals surface area contributed by atoms with Crippen LogP contribution in [-0.4, -0.2) is 30.6 Å². The Morgan fingerprint density at radius 1 is 1.26 bits per heavy atom. The molecule has 106 valence electrons. The molecule has 2 heterocycles. The Kier molecular flexibility index (Phi) is 5.38. The lowest BCUT2D eigenvalue weighted by Crippen LogP contribution is -2.43. The molecule has 0 aromatic heterocycles. The summed E-state index contributed by atoms with van der Waals surface area (Å²) in [5.74, 6) is 0.816. The first-order chi connectivity index (χ1) is 8.74. The summed E-state index contributed by atoms with van der Waals surface area (Å²) in [7, 11) is 0. The number of nitrogens with zero attached hydrogens (tertiary/aromatic N) is 1. The number of hydrogen-bond donors (Lipinski definition) is 1. The standard InChI is InChI=1S/C14H18Cl2N2.ClH/c15-12-3-1-2-11(14(12)16)9-18-7-5-13-10(8-18)4-6-17-13;/h1-3,10,13,17H,4-9H2;1H. The van der Waals surface area contributed by atoms with Gasteiger partial charge in [0.15, 0.2) is 0 Å². The predicted molar refractivity (Wildman–Crippen MR) is 83.5 cm³/mol. The number of piperidine rings is 1. The van der Waals surface area contributed by atoms with Gasteiger partial charge in [0.25, 0.3) is 0 Å². The highest BCUT2D eigenvalue weighted by atomic mass is 35.5. The van der Waals surface area contributed by atoms with E-state index in [0.717, 1.165) is 30.6 Å². The topological polar surface area (TPSA) is 15.3 Å². The lowest BCUT2D eigenvalue weighted by molar-refractivity contribution is 0.156. The van der Waals surface area contributed by atoms with Gasteiger partial charge in [-0.25, -0.2) is 0 Å². The van der Waals surface area contributed by atoms with Crippen LogP contribution in [0.15, 0.2) is 18.2 Å². The van der Waals surface area contributed by atoms with Crippen molar-refractivity contribution in [3.05, 3.63) is 33.8 Å². The second-order valence-corrected chi connectivity index (χ2v) is 6.13. The average molecular weight is 322 g/mol. The third kappa shape index (κ3) is 3.37. The van der Waals surface area contributed by atoms with Gasteiger partial charge in [0.05, 0.1) is 10.0 Å². The van der Waals surface area contributed by atoms with Crippen molar-refractivity contribution in [2.24, 2.45) is 5.92 Å². The Morgan fingerprint density at radius 3 is 2.95 bits per heavy atom. The first kappa shape index (κ1) is 15.4. The first-order valence-electron chi connectivity index (χ1n) is 6.62. The van der Waals surface area contributed by atoms with Gasteiger partial charge in [0, 0.05) is 19.1 Å². The van der Waals surface area contributed by atoms with Crippen LogP contribution in [0.5, 0.6) is 0 Å². The number of rotatable bonds is 2. The van der Waals surface area contributed by atoms with Gasteiger partial charge >= 0.3 is 0 Å². The molecule has 1 N–H and O–H groups in total. The molecule has 2 aliphatic heterocycles. The van der Waals surface area contributed by atoms with E-state index in [9.17, 15) is 0 Å². The van der Waals surface area contributed by atoms with Crippen molar-refractivity contribution in [2.45, 2.75) is 25.4 Å². The fourth-order valence-electron chi connectivity index (χ4n) is 3.18. The van der Waals surface area contributed by atoms with Crippen LogP contribution < -0.4 is 5.32 Å². The number of nitrogens with one attached hydrogen (secondary N) is 1. The van der Waals surface area contributed by atoms with Crippen LogP contribution in [0.3, 0.4) is 0 Å². The Hall–Kier alpha value is 0.01000. The Balaban J connectivity index is 0.00000133. The molecule has 0 aliphatic carbocycles. The molecular formula is C14H19Cl3N2. The molecule has 2 atom stereocenters. The second kappa shape index (κ2) is 6.64. The number of halogens is 3. The molecule has 2 saturated heterocycles. The highest BCUT2D eigenvalue weighted by molar-refractivity contribution is 6.42. The maximum Gasteiger partial charge on any atom is 0.0637 e. The molecule has 0 saturated carbocycles. The normalized spacial score (nSPS) is 26.8. The monoisotopic (exact) mass is 320 g/mol. The van der Waals surface area contributed by atoms with Crippen molar-refractivity contribution in [2.75, 3.05) is 19.6 Å². The summed E-state index contributed by atoms with van der Waals surface area (Å²) in [6.07, 6.45) is 2.56. The summed E-state index contributed by atoms with van der Waals surface area (Å²) >= 11 is 12.3. The van der Waals surface area contributed by atoms with Crippen molar-refractivity contribution in [1.29, 1.82) is 0 Å². The van der Waals surface area contributed by atoms with Gasteiger partial charge < -0.3 is 5.32 Å². The maximum atomic E-state index is 6.25. The molecule has 2 aliphatic rings. The lowest BCUT2D eigenvalue weighted by atomic mass is 9.93. The van der Waals surface area contributed by atoms with E-state index in [-0.39, 0.29) is 12.4 Å². The average Bonchev–Trinajstić information content (AvgIpc) is 2.82. The lowest BCUT2D eigenvalue weighted by Gasteiger charge is -2.35. The fourth-order valence-corrected chi connectivity index (χ4v) is 3.56. The van der Waals surface area contributed by atoms with Gasteiger partial charge in [-0.05, 0) is 43.5 Å². The van der Waals surface area contributed by atoms with Crippen LogP contribution >= 0.6 is 35.6 Å².